The summed E-state index contributed by atoms with van der Waals surface area (Å²) in [5, 5.41) is 13.4. The number of rotatable bonds is 8. The van der Waals surface area contributed by atoms with Gasteiger partial charge in [0, 0.05) is 38.3 Å². The Bertz CT molecular complexity index is 2120. The number of methoxy groups -OCH3 is 1. The lowest BCUT2D eigenvalue weighted by atomic mass is 10.0. The fraction of sp³-hybridized carbons (Fsp3) is 0.405. The van der Waals surface area contributed by atoms with Gasteiger partial charge < -0.3 is 24.6 Å². The van der Waals surface area contributed by atoms with Crippen molar-refractivity contribution in [3.8, 4) is 11.8 Å². The lowest BCUT2D eigenvalue weighted by Crippen LogP contribution is -2.49. The first-order valence-corrected chi connectivity index (χ1v) is 18.4. The SMILES string of the molecule is COc1ccc(S(=O)(=O)n2c(=O)n([C@H](C(=O)N3CCC(NC4CCN(C(=O)OC(C)(C)C)CC4)C3)c3ccccc3)c3cc(C#N)ccc32)cc1. The predicted molar refractivity (Wildman–Crippen MR) is 190 cm³/mol. The van der Waals surface area contributed by atoms with E-state index in [-0.39, 0.29) is 45.6 Å². The number of carbonyl (C=O) groups excluding carboxylic acids is 2. The molecule has 0 aliphatic carbocycles. The number of likely N-dealkylation sites (tertiary alicyclic amines) is 2. The number of carbonyl (C=O) groups is 2. The van der Waals surface area contributed by atoms with Gasteiger partial charge in [0.2, 0.25) is 0 Å². The lowest BCUT2D eigenvalue weighted by molar-refractivity contribution is -0.132. The molecule has 2 fully saturated rings. The minimum Gasteiger partial charge on any atom is -0.497 e. The van der Waals surface area contributed by atoms with Gasteiger partial charge in [0.25, 0.3) is 15.9 Å². The second-order valence-corrected chi connectivity index (χ2v) is 15.7. The molecule has 0 radical (unpaired) electrons. The number of imidazole rings is 1. The first-order chi connectivity index (χ1) is 24.3. The fourth-order valence-electron chi connectivity index (χ4n) is 6.79. The van der Waals surface area contributed by atoms with Crippen LogP contribution in [0.15, 0.2) is 82.5 Å². The minimum atomic E-state index is -4.45. The van der Waals surface area contributed by atoms with Gasteiger partial charge in [-0.05, 0) is 88.1 Å². The zero-order valence-corrected chi connectivity index (χ0v) is 29.9. The highest BCUT2D eigenvalue weighted by atomic mass is 32.2. The van der Waals surface area contributed by atoms with E-state index < -0.39 is 27.4 Å². The van der Waals surface area contributed by atoms with Crippen molar-refractivity contribution >= 4 is 33.1 Å². The maximum absolute atomic E-state index is 14.6. The molecule has 2 amide bonds. The van der Waals surface area contributed by atoms with Gasteiger partial charge >= 0.3 is 11.8 Å². The van der Waals surface area contributed by atoms with E-state index in [1.165, 1.54) is 54.1 Å². The van der Waals surface area contributed by atoms with E-state index in [0.29, 0.717) is 47.9 Å². The van der Waals surface area contributed by atoms with Gasteiger partial charge in [0.15, 0.2) is 0 Å². The molecule has 2 atom stereocenters. The number of aromatic nitrogens is 2. The molecule has 6 rings (SSSR count). The van der Waals surface area contributed by atoms with E-state index >= 15 is 0 Å². The van der Waals surface area contributed by atoms with Crippen molar-refractivity contribution in [3.63, 3.8) is 0 Å². The third kappa shape index (κ3) is 7.36. The molecule has 13 nitrogen and oxygen atoms in total. The topological polar surface area (TPSA) is 156 Å². The lowest BCUT2D eigenvalue weighted by Gasteiger charge is -2.35. The van der Waals surface area contributed by atoms with Crippen molar-refractivity contribution in [2.45, 2.75) is 68.7 Å². The molecule has 2 aliphatic heterocycles. The van der Waals surface area contributed by atoms with Crippen LogP contribution in [0, 0.1) is 11.3 Å². The van der Waals surface area contributed by atoms with Crippen molar-refractivity contribution < 1.29 is 27.5 Å². The zero-order chi connectivity index (χ0) is 36.5. The number of hydrogen-bond donors (Lipinski definition) is 1. The van der Waals surface area contributed by atoms with Crippen LogP contribution in [0.1, 0.15) is 57.2 Å². The van der Waals surface area contributed by atoms with E-state index in [2.05, 4.69) is 11.4 Å². The summed E-state index contributed by atoms with van der Waals surface area (Å²) in [6.07, 6.45) is 1.85. The number of nitrogens with zero attached hydrogens (tertiary/aromatic N) is 5. The third-order valence-corrected chi connectivity index (χ3v) is 11.0. The molecule has 51 heavy (non-hydrogen) atoms. The number of nitrogens with one attached hydrogen (secondary N) is 1. The van der Waals surface area contributed by atoms with Gasteiger partial charge in [-0.15, -0.1) is 0 Å². The Kier molecular flexibility index (Phi) is 9.97. The highest BCUT2D eigenvalue weighted by molar-refractivity contribution is 7.90. The molecular weight excluding hydrogens is 673 g/mol. The van der Waals surface area contributed by atoms with Crippen molar-refractivity contribution in [3.05, 3.63) is 94.4 Å². The van der Waals surface area contributed by atoms with Crippen LogP contribution in [0.4, 0.5) is 4.79 Å². The van der Waals surface area contributed by atoms with Crippen molar-refractivity contribution in [1.29, 1.82) is 5.26 Å². The smallest absolute Gasteiger partial charge is 0.410 e. The summed E-state index contributed by atoms with van der Waals surface area (Å²) in [4.78, 5) is 44.9. The number of nitriles is 1. The summed E-state index contributed by atoms with van der Waals surface area (Å²) in [6, 6.07) is 19.8. The number of hydrogen-bond acceptors (Lipinski definition) is 9. The molecule has 1 aromatic heterocycles. The maximum Gasteiger partial charge on any atom is 0.410 e. The normalized spacial score (nSPS) is 17.7. The molecule has 3 heterocycles. The number of amides is 2. The number of benzene rings is 3. The van der Waals surface area contributed by atoms with E-state index in [1.807, 2.05) is 20.8 Å². The summed E-state index contributed by atoms with van der Waals surface area (Å²) < 4.78 is 40.8. The van der Waals surface area contributed by atoms with Gasteiger partial charge in [-0.2, -0.15) is 9.23 Å². The van der Waals surface area contributed by atoms with Gasteiger partial charge in [-0.25, -0.2) is 18.0 Å². The van der Waals surface area contributed by atoms with E-state index in [1.54, 1.807) is 40.1 Å². The molecule has 0 spiro atoms. The molecule has 2 aliphatic rings. The quantitative estimate of drug-likeness (QED) is 0.284. The van der Waals surface area contributed by atoms with Gasteiger partial charge in [0.1, 0.15) is 17.4 Å². The Balaban J connectivity index is 1.30. The summed E-state index contributed by atoms with van der Waals surface area (Å²) >= 11 is 0. The van der Waals surface area contributed by atoms with Crippen molar-refractivity contribution in [1.82, 2.24) is 23.7 Å². The average Bonchev–Trinajstić information content (AvgIpc) is 3.70. The second kappa shape index (κ2) is 14.2. The third-order valence-electron chi connectivity index (χ3n) is 9.29. The minimum absolute atomic E-state index is 0.0119. The highest BCUT2D eigenvalue weighted by Crippen LogP contribution is 2.30. The number of fused-ring (bicyclic) bond motifs is 1. The standard InChI is InChI=1S/C37H42N6O7S/c1-37(2,3)50-36(46)40-19-16-27(17-20-40)39-28-18-21-41(24-28)34(44)33(26-8-6-5-7-9-26)42-32-22-25(23-38)10-15-31(32)43(35(42)45)51(47,48)30-13-11-29(49-4)12-14-30/h5-15,22,27-28,33,39H,16-21,24H2,1-4H3/t28?,33-/m0/s1. The summed E-state index contributed by atoms with van der Waals surface area (Å²) in [5.41, 5.74) is -0.599. The molecular formula is C37H42N6O7S. The van der Waals surface area contributed by atoms with Crippen molar-refractivity contribution in [2.75, 3.05) is 33.3 Å². The van der Waals surface area contributed by atoms with Crippen molar-refractivity contribution in [2.24, 2.45) is 0 Å². The van der Waals surface area contributed by atoms with Crippen LogP contribution in [0.5, 0.6) is 5.75 Å². The molecule has 0 bridgehead atoms. The van der Waals surface area contributed by atoms with Gasteiger partial charge in [-0.3, -0.25) is 9.36 Å². The second-order valence-electron chi connectivity index (χ2n) is 13.9. The molecule has 268 valence electrons. The molecule has 4 aromatic rings. The van der Waals surface area contributed by atoms with E-state index in [4.69, 9.17) is 9.47 Å². The Morgan fingerprint density at radius 1 is 0.902 bits per heavy atom. The Morgan fingerprint density at radius 3 is 2.18 bits per heavy atom. The van der Waals surface area contributed by atoms with E-state index in [0.717, 1.165) is 12.8 Å². The fourth-order valence-corrected chi connectivity index (χ4v) is 8.19. The molecule has 1 N–H and O–H groups in total. The maximum atomic E-state index is 14.6. The monoisotopic (exact) mass is 714 g/mol. The predicted octanol–water partition coefficient (Wildman–Crippen LogP) is 4.10. The summed E-state index contributed by atoms with van der Waals surface area (Å²) in [7, 11) is -2.98. The molecule has 3 aromatic carbocycles. The molecule has 14 heteroatoms. The first kappa shape index (κ1) is 35.7. The van der Waals surface area contributed by atoms with Gasteiger partial charge in [-0.1, -0.05) is 30.3 Å². The average molecular weight is 715 g/mol. The van der Waals surface area contributed by atoms with Crippen LogP contribution in [0.25, 0.3) is 11.0 Å². The molecule has 0 saturated carbocycles. The largest absolute Gasteiger partial charge is 0.497 e. The summed E-state index contributed by atoms with van der Waals surface area (Å²) in [6.45, 7) is 7.47. The van der Waals surface area contributed by atoms with Crippen LogP contribution in [-0.4, -0.2) is 89.7 Å². The van der Waals surface area contributed by atoms with Crippen LogP contribution in [0.2, 0.25) is 0 Å². The Labute approximate surface area is 297 Å². The zero-order valence-electron chi connectivity index (χ0n) is 29.1. The Morgan fingerprint density at radius 2 is 1.55 bits per heavy atom. The summed E-state index contributed by atoms with van der Waals surface area (Å²) in [5.74, 6) is 0.0809. The number of ether oxygens (including phenoxy) is 2. The molecule has 1 unspecified atom stereocenters. The van der Waals surface area contributed by atoms with Crippen LogP contribution >= 0.6 is 0 Å². The molecule has 2 saturated heterocycles. The Hall–Kier alpha value is -5.13. The van der Waals surface area contributed by atoms with Gasteiger partial charge in [0.05, 0.1) is 34.7 Å². The highest BCUT2D eigenvalue weighted by Gasteiger charge is 2.38. The van der Waals surface area contributed by atoms with Crippen LogP contribution in [0.3, 0.4) is 0 Å². The van der Waals surface area contributed by atoms with E-state index in [9.17, 15) is 28.1 Å². The number of piperidine rings is 1. The van der Waals surface area contributed by atoms with Crippen LogP contribution in [-0.2, 0) is 19.6 Å². The first-order valence-electron chi connectivity index (χ1n) is 16.9. The van der Waals surface area contributed by atoms with Crippen LogP contribution < -0.4 is 15.7 Å².